The number of hydrogen-bond acceptors (Lipinski definition) is 4. The molecule has 25 heavy (non-hydrogen) atoms. The van der Waals surface area contributed by atoms with Crippen molar-refractivity contribution < 1.29 is 4.74 Å². The minimum absolute atomic E-state index is 0.157. The Morgan fingerprint density at radius 2 is 1.92 bits per heavy atom. The summed E-state index contributed by atoms with van der Waals surface area (Å²) in [4.78, 5) is 0. The van der Waals surface area contributed by atoms with Crippen molar-refractivity contribution in [1.29, 1.82) is 0 Å². The third kappa shape index (κ3) is 4.64. The second-order valence-electron chi connectivity index (χ2n) is 5.58. The van der Waals surface area contributed by atoms with Crippen LogP contribution in [0.1, 0.15) is 31.3 Å². The number of para-hydroxylation sites is 1. The van der Waals surface area contributed by atoms with Gasteiger partial charge in [0.25, 0.3) is 0 Å². The largest absolute Gasteiger partial charge is 0.483 e. The van der Waals surface area contributed by atoms with Crippen LogP contribution in [0.15, 0.2) is 64.2 Å². The highest BCUT2D eigenvalue weighted by Crippen LogP contribution is 2.27. The molecule has 3 rings (SSSR count). The van der Waals surface area contributed by atoms with Crippen LogP contribution in [-0.4, -0.2) is 14.8 Å². The van der Waals surface area contributed by atoms with Gasteiger partial charge in [-0.2, -0.15) is 0 Å². The number of rotatable bonds is 7. The second kappa shape index (κ2) is 8.54. The molecule has 0 radical (unpaired) electrons. The Morgan fingerprint density at radius 3 is 2.64 bits per heavy atom. The molecule has 0 aliphatic rings. The minimum Gasteiger partial charge on any atom is -0.483 e. The molecule has 1 unspecified atom stereocenters. The molecule has 0 amide bonds. The summed E-state index contributed by atoms with van der Waals surface area (Å²) in [6.07, 6.45) is -0.157. The lowest BCUT2D eigenvalue weighted by Gasteiger charge is -2.15. The zero-order valence-corrected chi connectivity index (χ0v) is 16.6. The first kappa shape index (κ1) is 18.0. The zero-order chi connectivity index (χ0) is 17.6. The predicted molar refractivity (Wildman–Crippen MR) is 105 cm³/mol. The Kier molecular flexibility index (Phi) is 6.15. The van der Waals surface area contributed by atoms with Gasteiger partial charge in [0, 0.05) is 16.8 Å². The minimum atomic E-state index is -0.157. The highest BCUT2D eigenvalue weighted by molar-refractivity contribution is 9.10. The molecule has 3 aromatic rings. The molecule has 0 aliphatic carbocycles. The molecule has 130 valence electrons. The number of nitrogens with zero attached hydrogens (tertiary/aromatic N) is 3. The van der Waals surface area contributed by atoms with Gasteiger partial charge in [0.05, 0.1) is 0 Å². The summed E-state index contributed by atoms with van der Waals surface area (Å²) in [5.41, 5.74) is 1.25. The van der Waals surface area contributed by atoms with E-state index in [1.165, 1.54) is 5.56 Å². The molecule has 1 heterocycles. The average Bonchev–Trinajstić information content (AvgIpc) is 3.04. The summed E-state index contributed by atoms with van der Waals surface area (Å²) >= 11 is 5.20. The zero-order valence-electron chi connectivity index (χ0n) is 14.2. The molecule has 0 aliphatic heterocycles. The molecular formula is C19H20BrN3OS. The van der Waals surface area contributed by atoms with Crippen molar-refractivity contribution in [2.75, 3.05) is 0 Å². The topological polar surface area (TPSA) is 39.9 Å². The lowest BCUT2D eigenvalue weighted by Crippen LogP contribution is -2.11. The van der Waals surface area contributed by atoms with E-state index in [1.807, 2.05) is 49.4 Å². The third-order valence-electron chi connectivity index (χ3n) is 3.74. The molecule has 0 saturated carbocycles. The lowest BCUT2D eigenvalue weighted by molar-refractivity contribution is 0.210. The van der Waals surface area contributed by atoms with Gasteiger partial charge in [-0.3, -0.25) is 0 Å². The highest BCUT2D eigenvalue weighted by atomic mass is 79.9. The van der Waals surface area contributed by atoms with E-state index in [2.05, 4.69) is 49.8 Å². The fourth-order valence-electron chi connectivity index (χ4n) is 2.54. The van der Waals surface area contributed by atoms with E-state index in [-0.39, 0.29) is 6.10 Å². The Hall–Kier alpha value is -1.79. The summed E-state index contributed by atoms with van der Waals surface area (Å²) in [6.45, 7) is 4.92. The van der Waals surface area contributed by atoms with Crippen LogP contribution in [0.2, 0.25) is 0 Å². The van der Waals surface area contributed by atoms with Gasteiger partial charge in [-0.1, -0.05) is 58.0 Å². The van der Waals surface area contributed by atoms with Crippen LogP contribution in [0.4, 0.5) is 0 Å². The number of aromatic nitrogens is 3. The van der Waals surface area contributed by atoms with Crippen molar-refractivity contribution >= 4 is 27.7 Å². The van der Waals surface area contributed by atoms with E-state index in [1.54, 1.807) is 11.8 Å². The number of halogens is 1. The summed E-state index contributed by atoms with van der Waals surface area (Å²) in [5.74, 6) is 2.54. The SMILES string of the molecule is CCn1c(SCc2cccc(Br)c2)nnc1C(C)Oc1ccccc1. The van der Waals surface area contributed by atoms with Crippen LogP contribution in [0, 0.1) is 0 Å². The Morgan fingerprint density at radius 1 is 1.12 bits per heavy atom. The molecule has 0 saturated heterocycles. The van der Waals surface area contributed by atoms with Crippen LogP contribution >= 0.6 is 27.7 Å². The van der Waals surface area contributed by atoms with E-state index in [4.69, 9.17) is 4.74 Å². The molecule has 0 fully saturated rings. The van der Waals surface area contributed by atoms with Crippen LogP contribution in [0.3, 0.4) is 0 Å². The van der Waals surface area contributed by atoms with Crippen LogP contribution in [0.5, 0.6) is 5.75 Å². The molecule has 0 spiro atoms. The second-order valence-corrected chi connectivity index (χ2v) is 7.43. The Labute approximate surface area is 160 Å². The first-order chi connectivity index (χ1) is 12.2. The van der Waals surface area contributed by atoms with Crippen molar-refractivity contribution in [2.24, 2.45) is 0 Å². The molecule has 1 aromatic heterocycles. The van der Waals surface area contributed by atoms with Crippen LogP contribution in [-0.2, 0) is 12.3 Å². The standard InChI is InChI=1S/C19H20BrN3OS/c1-3-23-18(14(2)24-17-10-5-4-6-11-17)21-22-19(23)25-13-15-8-7-9-16(20)12-15/h4-12,14H,3,13H2,1-2H3. The van der Waals surface area contributed by atoms with Crippen molar-refractivity contribution in [2.45, 2.75) is 37.4 Å². The van der Waals surface area contributed by atoms with E-state index < -0.39 is 0 Å². The van der Waals surface area contributed by atoms with Crippen molar-refractivity contribution in [1.82, 2.24) is 14.8 Å². The quantitative estimate of drug-likeness (QED) is 0.476. The first-order valence-electron chi connectivity index (χ1n) is 8.19. The number of thioether (sulfide) groups is 1. The number of hydrogen-bond donors (Lipinski definition) is 0. The smallest absolute Gasteiger partial charge is 0.191 e. The van der Waals surface area contributed by atoms with Crippen molar-refractivity contribution in [3.63, 3.8) is 0 Å². The summed E-state index contributed by atoms with van der Waals surface area (Å²) in [6, 6.07) is 18.1. The number of benzene rings is 2. The summed E-state index contributed by atoms with van der Waals surface area (Å²) in [5, 5.41) is 9.66. The molecule has 6 heteroatoms. The van der Waals surface area contributed by atoms with E-state index in [0.29, 0.717) is 0 Å². The van der Waals surface area contributed by atoms with Gasteiger partial charge >= 0.3 is 0 Å². The van der Waals surface area contributed by atoms with Gasteiger partial charge in [0.15, 0.2) is 17.1 Å². The van der Waals surface area contributed by atoms with E-state index in [0.717, 1.165) is 33.5 Å². The summed E-state index contributed by atoms with van der Waals surface area (Å²) < 4.78 is 9.21. The van der Waals surface area contributed by atoms with Crippen molar-refractivity contribution in [3.8, 4) is 5.75 Å². The van der Waals surface area contributed by atoms with Gasteiger partial charge < -0.3 is 9.30 Å². The van der Waals surface area contributed by atoms with Crippen molar-refractivity contribution in [3.05, 3.63) is 70.5 Å². The summed E-state index contributed by atoms with van der Waals surface area (Å²) in [7, 11) is 0. The maximum absolute atomic E-state index is 6.00. The fraction of sp³-hybridized carbons (Fsp3) is 0.263. The van der Waals surface area contributed by atoms with Gasteiger partial charge in [-0.25, -0.2) is 0 Å². The monoisotopic (exact) mass is 417 g/mol. The molecule has 0 bridgehead atoms. The van der Waals surface area contributed by atoms with E-state index >= 15 is 0 Å². The normalized spacial score (nSPS) is 12.1. The predicted octanol–water partition coefficient (Wildman–Crippen LogP) is 5.49. The lowest BCUT2D eigenvalue weighted by atomic mass is 10.2. The van der Waals surface area contributed by atoms with Gasteiger partial charge in [-0.15, -0.1) is 10.2 Å². The van der Waals surface area contributed by atoms with Crippen LogP contribution < -0.4 is 4.74 Å². The molecular weight excluding hydrogens is 398 g/mol. The van der Waals surface area contributed by atoms with Gasteiger partial charge in [0.1, 0.15) is 5.75 Å². The van der Waals surface area contributed by atoms with Gasteiger partial charge in [0.2, 0.25) is 0 Å². The third-order valence-corrected chi connectivity index (χ3v) is 5.27. The average molecular weight is 418 g/mol. The maximum Gasteiger partial charge on any atom is 0.191 e. The molecule has 4 nitrogen and oxygen atoms in total. The maximum atomic E-state index is 6.00. The van der Waals surface area contributed by atoms with E-state index in [9.17, 15) is 0 Å². The molecule has 1 atom stereocenters. The first-order valence-corrected chi connectivity index (χ1v) is 9.97. The molecule has 0 N–H and O–H groups in total. The Balaban J connectivity index is 1.72. The highest BCUT2D eigenvalue weighted by Gasteiger charge is 2.18. The molecule has 2 aromatic carbocycles. The Bertz CT molecular complexity index is 823. The fourth-order valence-corrected chi connectivity index (χ4v) is 3.93. The number of ether oxygens (including phenoxy) is 1. The van der Waals surface area contributed by atoms with Gasteiger partial charge in [-0.05, 0) is 43.7 Å². The van der Waals surface area contributed by atoms with Crippen LogP contribution in [0.25, 0.3) is 0 Å².